The van der Waals surface area contributed by atoms with Gasteiger partial charge in [0.25, 0.3) is 0 Å². The number of urea groups is 1. The topological polar surface area (TPSA) is 98.7 Å². The number of aromatic hydroxyl groups is 1. The molecule has 6 nitrogen and oxygen atoms in total. The zero-order valence-electron chi connectivity index (χ0n) is 11.3. The van der Waals surface area contributed by atoms with Crippen LogP contribution in [0.5, 0.6) is 5.75 Å². The number of carboxylic acids is 1. The number of amides is 2. The summed E-state index contributed by atoms with van der Waals surface area (Å²) < 4.78 is 0. The van der Waals surface area contributed by atoms with Gasteiger partial charge >= 0.3 is 12.0 Å². The third-order valence-corrected chi connectivity index (χ3v) is 3.59. The minimum atomic E-state index is -1.14. The van der Waals surface area contributed by atoms with Crippen molar-refractivity contribution in [3.8, 4) is 5.75 Å². The molecule has 1 atom stereocenters. The Hall–Kier alpha value is -1.89. The molecule has 7 heteroatoms. The van der Waals surface area contributed by atoms with Crippen LogP contribution in [-0.4, -0.2) is 39.8 Å². The first-order chi connectivity index (χ1) is 9.43. The molecule has 0 aliphatic rings. The fourth-order valence-electron chi connectivity index (χ4n) is 1.49. The van der Waals surface area contributed by atoms with E-state index < -0.39 is 12.0 Å². The monoisotopic (exact) mass is 298 g/mol. The Morgan fingerprint density at radius 1 is 1.40 bits per heavy atom. The Kier molecular flexibility index (Phi) is 6.17. The summed E-state index contributed by atoms with van der Waals surface area (Å²) in [7, 11) is 0. The van der Waals surface area contributed by atoms with Gasteiger partial charge in [-0.05, 0) is 30.9 Å². The standard InChI is InChI=1S/C13H18N2O4S/c1-3-20-7-8(2)14-13(19)15-10-5-4-9(12(17)18)6-11(10)16/h4-6,8,16H,3,7H2,1-2H3,(H,17,18)(H2,14,15,19). The van der Waals surface area contributed by atoms with Gasteiger partial charge in [0.05, 0.1) is 11.3 Å². The molecule has 0 aliphatic carbocycles. The Morgan fingerprint density at radius 3 is 2.65 bits per heavy atom. The second-order valence-corrected chi connectivity index (χ2v) is 5.51. The first-order valence-corrected chi connectivity index (χ1v) is 7.31. The normalized spacial score (nSPS) is 11.7. The van der Waals surface area contributed by atoms with Gasteiger partial charge in [-0.2, -0.15) is 11.8 Å². The lowest BCUT2D eigenvalue weighted by atomic mass is 10.2. The summed E-state index contributed by atoms with van der Waals surface area (Å²) in [5.74, 6) is 0.357. The van der Waals surface area contributed by atoms with Gasteiger partial charge in [-0.1, -0.05) is 6.92 Å². The number of carboxylic acid groups (broad SMARTS) is 1. The molecular weight excluding hydrogens is 280 g/mol. The van der Waals surface area contributed by atoms with Crippen LogP contribution in [0.3, 0.4) is 0 Å². The molecular formula is C13H18N2O4S. The Bertz CT molecular complexity index is 493. The Labute approximate surface area is 121 Å². The minimum absolute atomic E-state index is 0.000357. The predicted octanol–water partition coefficient (Wildman–Crippen LogP) is 2.35. The number of phenolic OH excluding ortho intramolecular Hbond substituents is 1. The van der Waals surface area contributed by atoms with Gasteiger partial charge in [0.1, 0.15) is 5.75 Å². The smallest absolute Gasteiger partial charge is 0.335 e. The lowest BCUT2D eigenvalue weighted by Crippen LogP contribution is -2.37. The summed E-state index contributed by atoms with van der Waals surface area (Å²) in [5.41, 5.74) is 0.129. The van der Waals surface area contributed by atoms with Crippen LogP contribution in [0, 0.1) is 0 Å². The number of phenols is 1. The molecule has 1 aromatic rings. The van der Waals surface area contributed by atoms with Gasteiger partial charge < -0.3 is 20.8 Å². The Balaban J connectivity index is 2.60. The van der Waals surface area contributed by atoms with Crippen LogP contribution >= 0.6 is 11.8 Å². The number of thioether (sulfide) groups is 1. The van der Waals surface area contributed by atoms with Gasteiger partial charge in [0, 0.05) is 11.8 Å². The molecule has 1 unspecified atom stereocenters. The number of carbonyl (C=O) groups excluding carboxylic acids is 1. The van der Waals surface area contributed by atoms with Crippen LogP contribution < -0.4 is 10.6 Å². The number of rotatable bonds is 6. The maximum Gasteiger partial charge on any atom is 0.335 e. The molecule has 4 N–H and O–H groups in total. The predicted molar refractivity (Wildman–Crippen MR) is 79.7 cm³/mol. The highest BCUT2D eigenvalue weighted by molar-refractivity contribution is 7.99. The number of hydrogen-bond acceptors (Lipinski definition) is 4. The number of aromatic carboxylic acids is 1. The van der Waals surface area contributed by atoms with E-state index in [1.165, 1.54) is 12.1 Å². The lowest BCUT2D eigenvalue weighted by Gasteiger charge is -2.14. The zero-order valence-corrected chi connectivity index (χ0v) is 12.2. The fraction of sp³-hybridized carbons (Fsp3) is 0.385. The molecule has 0 radical (unpaired) electrons. The zero-order chi connectivity index (χ0) is 15.1. The van der Waals surface area contributed by atoms with E-state index in [1.807, 2.05) is 13.8 Å². The van der Waals surface area contributed by atoms with Gasteiger partial charge in [0.2, 0.25) is 0 Å². The summed E-state index contributed by atoms with van der Waals surface area (Å²) in [6.45, 7) is 3.93. The van der Waals surface area contributed by atoms with Crippen molar-refractivity contribution < 1.29 is 19.8 Å². The summed E-state index contributed by atoms with van der Waals surface area (Å²) in [6, 6.07) is 3.32. The number of carbonyl (C=O) groups is 2. The molecule has 0 heterocycles. The molecule has 1 rings (SSSR count). The van der Waals surface area contributed by atoms with E-state index in [2.05, 4.69) is 10.6 Å². The average Bonchev–Trinajstić information content (AvgIpc) is 2.38. The first-order valence-electron chi connectivity index (χ1n) is 6.15. The average molecular weight is 298 g/mol. The van der Waals surface area contributed by atoms with Gasteiger partial charge in [-0.25, -0.2) is 9.59 Å². The van der Waals surface area contributed by atoms with Crippen LogP contribution in [-0.2, 0) is 0 Å². The highest BCUT2D eigenvalue weighted by Crippen LogP contribution is 2.24. The van der Waals surface area contributed by atoms with Crippen molar-refractivity contribution in [1.29, 1.82) is 0 Å². The number of benzene rings is 1. The maximum atomic E-state index is 11.7. The molecule has 0 bridgehead atoms. The van der Waals surface area contributed by atoms with Gasteiger partial charge in [0.15, 0.2) is 0 Å². The molecule has 0 saturated heterocycles. The molecule has 0 aliphatic heterocycles. The van der Waals surface area contributed by atoms with E-state index in [-0.39, 0.29) is 23.0 Å². The minimum Gasteiger partial charge on any atom is -0.506 e. The van der Waals surface area contributed by atoms with E-state index in [1.54, 1.807) is 11.8 Å². The summed E-state index contributed by atoms with van der Waals surface area (Å²) >= 11 is 1.72. The van der Waals surface area contributed by atoms with Crippen molar-refractivity contribution in [2.75, 3.05) is 16.8 Å². The van der Waals surface area contributed by atoms with Crippen molar-refractivity contribution in [3.63, 3.8) is 0 Å². The highest BCUT2D eigenvalue weighted by Gasteiger charge is 2.11. The highest BCUT2D eigenvalue weighted by atomic mass is 32.2. The Morgan fingerprint density at radius 2 is 2.10 bits per heavy atom. The van der Waals surface area contributed by atoms with E-state index in [4.69, 9.17) is 5.11 Å². The second kappa shape index (κ2) is 7.64. The first kappa shape index (κ1) is 16.2. The van der Waals surface area contributed by atoms with E-state index >= 15 is 0 Å². The third kappa shape index (κ3) is 5.00. The van der Waals surface area contributed by atoms with Crippen LogP contribution in [0.15, 0.2) is 18.2 Å². The van der Waals surface area contributed by atoms with Crippen LogP contribution in [0.4, 0.5) is 10.5 Å². The van der Waals surface area contributed by atoms with Crippen LogP contribution in [0.25, 0.3) is 0 Å². The largest absolute Gasteiger partial charge is 0.506 e. The van der Waals surface area contributed by atoms with E-state index in [0.29, 0.717) is 0 Å². The summed E-state index contributed by atoms with van der Waals surface area (Å²) in [5, 5.41) is 23.6. The number of nitrogens with one attached hydrogen (secondary N) is 2. The fourth-order valence-corrected chi connectivity index (χ4v) is 2.16. The molecule has 0 spiro atoms. The number of anilines is 1. The SMILES string of the molecule is CCSCC(C)NC(=O)Nc1ccc(C(=O)O)cc1O. The third-order valence-electron chi connectivity index (χ3n) is 2.44. The molecule has 0 fully saturated rings. The van der Waals surface area contributed by atoms with E-state index in [0.717, 1.165) is 17.6 Å². The van der Waals surface area contributed by atoms with Crippen molar-refractivity contribution in [3.05, 3.63) is 23.8 Å². The maximum absolute atomic E-state index is 11.7. The molecule has 0 saturated carbocycles. The van der Waals surface area contributed by atoms with E-state index in [9.17, 15) is 14.7 Å². The molecule has 0 aromatic heterocycles. The molecule has 20 heavy (non-hydrogen) atoms. The van der Waals surface area contributed by atoms with Crippen molar-refractivity contribution in [1.82, 2.24) is 5.32 Å². The summed E-state index contributed by atoms with van der Waals surface area (Å²) in [6.07, 6.45) is 0. The molecule has 2 amide bonds. The second-order valence-electron chi connectivity index (χ2n) is 4.20. The summed E-state index contributed by atoms with van der Waals surface area (Å²) in [4.78, 5) is 22.4. The lowest BCUT2D eigenvalue weighted by molar-refractivity contribution is 0.0696. The van der Waals surface area contributed by atoms with Crippen molar-refractivity contribution in [2.45, 2.75) is 19.9 Å². The van der Waals surface area contributed by atoms with Crippen molar-refractivity contribution in [2.24, 2.45) is 0 Å². The quantitative estimate of drug-likeness (QED) is 0.604. The van der Waals surface area contributed by atoms with Crippen LogP contribution in [0.1, 0.15) is 24.2 Å². The van der Waals surface area contributed by atoms with Gasteiger partial charge in [-0.3, -0.25) is 0 Å². The van der Waals surface area contributed by atoms with Crippen LogP contribution in [0.2, 0.25) is 0 Å². The van der Waals surface area contributed by atoms with Crippen molar-refractivity contribution >= 4 is 29.4 Å². The van der Waals surface area contributed by atoms with Gasteiger partial charge in [-0.15, -0.1) is 0 Å². The molecule has 1 aromatic carbocycles. The molecule has 110 valence electrons. The number of hydrogen-bond donors (Lipinski definition) is 4.